The Hall–Kier alpha value is -3.32. The van der Waals surface area contributed by atoms with Gasteiger partial charge in [-0.3, -0.25) is 0 Å². The molecule has 7 nitrogen and oxygen atoms in total. The third-order valence-electron chi connectivity index (χ3n) is 4.54. The smallest absolute Gasteiger partial charge is 0.227 e. The zero-order valence-electron chi connectivity index (χ0n) is 14.9. The molecule has 0 spiro atoms. The second kappa shape index (κ2) is 7.51. The summed E-state index contributed by atoms with van der Waals surface area (Å²) < 4.78 is 5.40. The van der Waals surface area contributed by atoms with Crippen molar-refractivity contribution >= 4 is 28.7 Å². The van der Waals surface area contributed by atoms with E-state index in [0.717, 1.165) is 43.2 Å². The highest BCUT2D eigenvalue weighted by molar-refractivity contribution is 5.73. The Bertz CT molecular complexity index is 922. The van der Waals surface area contributed by atoms with Crippen LogP contribution in [0.5, 0.6) is 0 Å². The molecule has 0 radical (unpaired) electrons. The van der Waals surface area contributed by atoms with Gasteiger partial charge in [-0.15, -0.1) is 0 Å². The van der Waals surface area contributed by atoms with E-state index in [4.69, 9.17) is 16.2 Å². The number of anilines is 5. The molecule has 27 heavy (non-hydrogen) atoms. The number of nitrogens with zero attached hydrogens (tertiary/aromatic N) is 3. The summed E-state index contributed by atoms with van der Waals surface area (Å²) in [6.45, 7) is 3.39. The SMILES string of the molecule is Nc1ccc(-c2ccnc(Nc3ccc(N4CCOCC4)cc3)n2)cc1N. The van der Waals surface area contributed by atoms with Gasteiger partial charge >= 0.3 is 0 Å². The van der Waals surface area contributed by atoms with Crippen LogP contribution in [0.25, 0.3) is 11.3 Å². The van der Waals surface area contributed by atoms with Crippen LogP contribution in [0.4, 0.5) is 28.7 Å². The van der Waals surface area contributed by atoms with Gasteiger partial charge in [-0.25, -0.2) is 9.97 Å². The number of morpholine rings is 1. The number of rotatable bonds is 4. The first-order valence-electron chi connectivity index (χ1n) is 8.87. The van der Waals surface area contributed by atoms with Gasteiger partial charge in [0, 0.05) is 36.2 Å². The molecule has 0 aliphatic carbocycles. The molecule has 0 unspecified atom stereocenters. The molecule has 0 amide bonds. The van der Waals surface area contributed by atoms with Crippen LogP contribution < -0.4 is 21.7 Å². The molecule has 2 aromatic carbocycles. The van der Waals surface area contributed by atoms with Gasteiger partial charge in [0.25, 0.3) is 0 Å². The molecule has 3 aromatic rings. The first kappa shape index (κ1) is 17.1. The monoisotopic (exact) mass is 362 g/mol. The van der Waals surface area contributed by atoms with Crippen molar-refractivity contribution in [2.75, 3.05) is 48.0 Å². The molecule has 1 aliphatic heterocycles. The lowest BCUT2D eigenvalue weighted by Crippen LogP contribution is -2.36. The number of nitrogens with two attached hydrogens (primary N) is 2. The van der Waals surface area contributed by atoms with E-state index in [2.05, 4.69) is 32.3 Å². The van der Waals surface area contributed by atoms with E-state index >= 15 is 0 Å². The summed E-state index contributed by atoms with van der Waals surface area (Å²) in [6.07, 6.45) is 1.72. The molecule has 5 N–H and O–H groups in total. The van der Waals surface area contributed by atoms with Crippen molar-refractivity contribution < 1.29 is 4.74 Å². The molecule has 2 heterocycles. The highest BCUT2D eigenvalue weighted by Gasteiger charge is 2.11. The molecular formula is C20H22N6O. The van der Waals surface area contributed by atoms with E-state index in [0.29, 0.717) is 17.3 Å². The second-order valence-electron chi connectivity index (χ2n) is 6.38. The average Bonchev–Trinajstić information content (AvgIpc) is 2.71. The first-order valence-corrected chi connectivity index (χ1v) is 8.87. The van der Waals surface area contributed by atoms with Crippen LogP contribution in [0.15, 0.2) is 54.7 Å². The van der Waals surface area contributed by atoms with Gasteiger partial charge in [0.1, 0.15) is 0 Å². The lowest BCUT2D eigenvalue weighted by molar-refractivity contribution is 0.122. The number of nitrogens with one attached hydrogen (secondary N) is 1. The minimum absolute atomic E-state index is 0.530. The van der Waals surface area contributed by atoms with E-state index in [1.54, 1.807) is 12.3 Å². The summed E-state index contributed by atoms with van der Waals surface area (Å²) in [5.74, 6) is 0.530. The van der Waals surface area contributed by atoms with E-state index in [-0.39, 0.29) is 0 Å². The predicted octanol–water partition coefficient (Wildman–Crippen LogP) is 2.89. The van der Waals surface area contributed by atoms with Crippen LogP contribution in [0, 0.1) is 0 Å². The summed E-state index contributed by atoms with van der Waals surface area (Å²) in [5.41, 5.74) is 16.6. The van der Waals surface area contributed by atoms with Crippen molar-refractivity contribution in [3.63, 3.8) is 0 Å². The van der Waals surface area contributed by atoms with Gasteiger partial charge in [0.05, 0.1) is 30.3 Å². The zero-order valence-corrected chi connectivity index (χ0v) is 14.9. The maximum Gasteiger partial charge on any atom is 0.227 e. The number of aromatic nitrogens is 2. The van der Waals surface area contributed by atoms with Crippen LogP contribution in [0.1, 0.15) is 0 Å². The predicted molar refractivity (Wildman–Crippen MR) is 109 cm³/mol. The minimum Gasteiger partial charge on any atom is -0.397 e. The largest absolute Gasteiger partial charge is 0.397 e. The lowest BCUT2D eigenvalue weighted by Gasteiger charge is -2.28. The highest BCUT2D eigenvalue weighted by atomic mass is 16.5. The molecule has 1 saturated heterocycles. The Morgan fingerprint density at radius 1 is 0.926 bits per heavy atom. The fourth-order valence-corrected chi connectivity index (χ4v) is 3.02. The van der Waals surface area contributed by atoms with Crippen LogP contribution in [0.3, 0.4) is 0 Å². The Morgan fingerprint density at radius 3 is 2.44 bits per heavy atom. The fraction of sp³-hybridized carbons (Fsp3) is 0.200. The van der Waals surface area contributed by atoms with E-state index < -0.39 is 0 Å². The third-order valence-corrected chi connectivity index (χ3v) is 4.54. The molecule has 0 atom stereocenters. The molecule has 1 aromatic heterocycles. The normalized spacial score (nSPS) is 14.1. The Morgan fingerprint density at radius 2 is 1.70 bits per heavy atom. The number of hydrogen-bond acceptors (Lipinski definition) is 7. The molecular weight excluding hydrogens is 340 g/mol. The number of benzene rings is 2. The third kappa shape index (κ3) is 3.93. The van der Waals surface area contributed by atoms with E-state index in [9.17, 15) is 0 Å². The summed E-state index contributed by atoms with van der Waals surface area (Å²) in [6, 6.07) is 15.6. The van der Waals surface area contributed by atoms with Crippen molar-refractivity contribution in [3.8, 4) is 11.3 Å². The standard InChI is InChI=1S/C20H22N6O/c21-17-6-1-14(13-18(17)22)19-7-8-23-20(25-19)24-15-2-4-16(5-3-15)26-9-11-27-12-10-26/h1-8,13H,9-12,21-22H2,(H,23,24,25). The first-order chi connectivity index (χ1) is 13.2. The van der Waals surface area contributed by atoms with Gasteiger partial charge in [-0.1, -0.05) is 6.07 Å². The molecule has 1 fully saturated rings. The zero-order chi connectivity index (χ0) is 18.6. The van der Waals surface area contributed by atoms with Crippen molar-refractivity contribution in [1.82, 2.24) is 9.97 Å². The molecule has 0 bridgehead atoms. The van der Waals surface area contributed by atoms with Gasteiger partial charge in [0.15, 0.2) is 0 Å². The average molecular weight is 362 g/mol. The number of nitrogen functional groups attached to an aromatic ring is 2. The molecule has 0 saturated carbocycles. The van der Waals surface area contributed by atoms with Gasteiger partial charge in [-0.05, 0) is 42.5 Å². The summed E-state index contributed by atoms with van der Waals surface area (Å²) in [7, 11) is 0. The number of hydrogen-bond donors (Lipinski definition) is 3. The summed E-state index contributed by atoms with van der Waals surface area (Å²) in [4.78, 5) is 11.2. The summed E-state index contributed by atoms with van der Waals surface area (Å²) in [5, 5.41) is 3.25. The van der Waals surface area contributed by atoms with Gasteiger partial charge < -0.3 is 26.4 Å². The molecule has 1 aliphatic rings. The maximum absolute atomic E-state index is 5.90. The highest BCUT2D eigenvalue weighted by Crippen LogP contribution is 2.25. The fourth-order valence-electron chi connectivity index (χ4n) is 3.02. The van der Waals surface area contributed by atoms with Crippen molar-refractivity contribution in [2.24, 2.45) is 0 Å². The van der Waals surface area contributed by atoms with Crippen molar-refractivity contribution in [2.45, 2.75) is 0 Å². The van der Waals surface area contributed by atoms with Crippen LogP contribution >= 0.6 is 0 Å². The molecule has 4 rings (SSSR count). The summed E-state index contributed by atoms with van der Waals surface area (Å²) >= 11 is 0. The maximum atomic E-state index is 5.90. The van der Waals surface area contributed by atoms with Gasteiger partial charge in [0.2, 0.25) is 5.95 Å². The Balaban J connectivity index is 1.50. The second-order valence-corrected chi connectivity index (χ2v) is 6.38. The van der Waals surface area contributed by atoms with Crippen molar-refractivity contribution in [3.05, 3.63) is 54.7 Å². The topological polar surface area (TPSA) is 102 Å². The van der Waals surface area contributed by atoms with Gasteiger partial charge in [-0.2, -0.15) is 0 Å². The van der Waals surface area contributed by atoms with Crippen LogP contribution in [0.2, 0.25) is 0 Å². The van der Waals surface area contributed by atoms with E-state index in [1.807, 2.05) is 30.3 Å². The lowest BCUT2D eigenvalue weighted by atomic mass is 10.1. The molecule has 138 valence electrons. The van der Waals surface area contributed by atoms with Crippen molar-refractivity contribution in [1.29, 1.82) is 0 Å². The van der Waals surface area contributed by atoms with Crippen LogP contribution in [-0.2, 0) is 4.74 Å². The molecule has 7 heteroatoms. The Labute approximate surface area is 158 Å². The Kier molecular flexibility index (Phi) is 4.76. The van der Waals surface area contributed by atoms with Crippen LogP contribution in [-0.4, -0.2) is 36.3 Å². The van der Waals surface area contributed by atoms with E-state index in [1.165, 1.54) is 5.69 Å². The quantitative estimate of drug-likeness (QED) is 0.613. The number of ether oxygens (including phenoxy) is 1. The minimum atomic E-state index is 0.530.